The number of hydrogen-bond donors (Lipinski definition) is 1. The first kappa shape index (κ1) is 9.62. The van der Waals surface area contributed by atoms with Gasteiger partial charge in [0.25, 0.3) is 0 Å². The highest BCUT2D eigenvalue weighted by Gasteiger charge is 2.01. The smallest absolute Gasteiger partial charge is 0.0292 e. The van der Waals surface area contributed by atoms with Gasteiger partial charge in [0.1, 0.15) is 0 Å². The molecule has 1 aromatic carbocycles. The van der Waals surface area contributed by atoms with Gasteiger partial charge in [0, 0.05) is 10.9 Å². The number of thioether (sulfide) groups is 1. The van der Waals surface area contributed by atoms with Crippen molar-refractivity contribution < 1.29 is 0 Å². The lowest BCUT2D eigenvalue weighted by Gasteiger charge is -2.08. The minimum Gasteiger partial charge on any atom is -0.324 e. The van der Waals surface area contributed by atoms with E-state index in [1.54, 1.807) is 11.8 Å². The van der Waals surface area contributed by atoms with Crippen LogP contribution in [0.3, 0.4) is 0 Å². The zero-order chi connectivity index (χ0) is 8.97. The highest BCUT2D eigenvalue weighted by atomic mass is 32.2. The Labute approximate surface area is 78.4 Å². The molecule has 0 heterocycles. The number of benzene rings is 1. The predicted octanol–water partition coefficient (Wildman–Crippen LogP) is 2.82. The molecule has 1 rings (SSSR count). The van der Waals surface area contributed by atoms with E-state index in [1.807, 2.05) is 0 Å². The maximum atomic E-state index is 5.88. The van der Waals surface area contributed by atoms with Crippen LogP contribution in [0.1, 0.15) is 24.9 Å². The molecule has 0 fully saturated rings. The molecule has 0 bridgehead atoms. The molecular weight excluding hydrogens is 166 g/mol. The van der Waals surface area contributed by atoms with Crippen LogP contribution in [0.4, 0.5) is 0 Å². The van der Waals surface area contributed by atoms with E-state index in [4.69, 9.17) is 5.73 Å². The third kappa shape index (κ3) is 2.26. The number of nitrogens with two attached hydrogens (primary N) is 1. The lowest BCUT2D eigenvalue weighted by Crippen LogP contribution is -2.07. The molecule has 1 aromatic rings. The fourth-order valence-corrected chi connectivity index (χ4v) is 1.50. The molecule has 2 N–H and O–H groups in total. The molecule has 0 unspecified atom stereocenters. The van der Waals surface area contributed by atoms with E-state index < -0.39 is 0 Å². The van der Waals surface area contributed by atoms with Crippen LogP contribution in [-0.2, 0) is 0 Å². The summed E-state index contributed by atoms with van der Waals surface area (Å²) in [6.45, 7) is 2.10. The molecule has 0 aliphatic carbocycles. The van der Waals surface area contributed by atoms with E-state index in [9.17, 15) is 0 Å². The molecule has 66 valence electrons. The van der Waals surface area contributed by atoms with Crippen molar-refractivity contribution >= 4 is 11.8 Å². The van der Waals surface area contributed by atoms with Crippen LogP contribution in [0.25, 0.3) is 0 Å². The Hall–Kier alpha value is -0.470. The molecule has 0 aromatic heterocycles. The van der Waals surface area contributed by atoms with E-state index in [1.165, 1.54) is 10.5 Å². The topological polar surface area (TPSA) is 26.0 Å². The molecule has 1 atom stereocenters. The van der Waals surface area contributed by atoms with Gasteiger partial charge in [0.15, 0.2) is 0 Å². The van der Waals surface area contributed by atoms with Gasteiger partial charge >= 0.3 is 0 Å². The Morgan fingerprint density at radius 2 is 1.92 bits per heavy atom. The molecule has 0 aliphatic rings. The SMILES string of the molecule is CC[C@@H](N)c1ccc(SC)cc1. The maximum Gasteiger partial charge on any atom is 0.0292 e. The summed E-state index contributed by atoms with van der Waals surface area (Å²) in [7, 11) is 0. The summed E-state index contributed by atoms with van der Waals surface area (Å²) < 4.78 is 0. The van der Waals surface area contributed by atoms with Gasteiger partial charge in [-0.1, -0.05) is 19.1 Å². The zero-order valence-electron chi connectivity index (χ0n) is 7.58. The van der Waals surface area contributed by atoms with Crippen molar-refractivity contribution in [2.75, 3.05) is 6.26 Å². The average Bonchev–Trinajstić information content (AvgIpc) is 2.17. The Balaban J connectivity index is 2.77. The molecular formula is C10H15NS. The molecule has 1 nitrogen and oxygen atoms in total. The zero-order valence-corrected chi connectivity index (χ0v) is 8.40. The van der Waals surface area contributed by atoms with Gasteiger partial charge in [-0.25, -0.2) is 0 Å². The molecule has 12 heavy (non-hydrogen) atoms. The highest BCUT2D eigenvalue weighted by molar-refractivity contribution is 7.98. The van der Waals surface area contributed by atoms with E-state index in [-0.39, 0.29) is 6.04 Å². The van der Waals surface area contributed by atoms with Crippen LogP contribution in [0.5, 0.6) is 0 Å². The van der Waals surface area contributed by atoms with Crippen molar-refractivity contribution in [3.05, 3.63) is 29.8 Å². The first-order chi connectivity index (χ1) is 5.77. The van der Waals surface area contributed by atoms with E-state index in [0.717, 1.165) is 6.42 Å². The third-order valence-electron chi connectivity index (χ3n) is 1.98. The first-order valence-corrected chi connectivity index (χ1v) is 5.40. The van der Waals surface area contributed by atoms with Crippen LogP contribution in [-0.4, -0.2) is 6.26 Å². The molecule has 0 aliphatic heterocycles. The fraction of sp³-hybridized carbons (Fsp3) is 0.400. The lowest BCUT2D eigenvalue weighted by atomic mass is 10.1. The third-order valence-corrected chi connectivity index (χ3v) is 2.73. The predicted molar refractivity (Wildman–Crippen MR) is 55.4 cm³/mol. The Bertz CT molecular complexity index is 230. The second-order valence-electron chi connectivity index (χ2n) is 2.79. The summed E-state index contributed by atoms with van der Waals surface area (Å²) in [5, 5.41) is 0. The fourth-order valence-electron chi connectivity index (χ4n) is 1.09. The van der Waals surface area contributed by atoms with Gasteiger partial charge in [-0.15, -0.1) is 11.8 Å². The lowest BCUT2D eigenvalue weighted by molar-refractivity contribution is 0.698. The summed E-state index contributed by atoms with van der Waals surface area (Å²) in [6.07, 6.45) is 3.08. The molecule has 0 radical (unpaired) electrons. The summed E-state index contributed by atoms with van der Waals surface area (Å²) >= 11 is 1.76. The van der Waals surface area contributed by atoms with Crippen molar-refractivity contribution in [3.8, 4) is 0 Å². The minimum atomic E-state index is 0.195. The van der Waals surface area contributed by atoms with Crippen LogP contribution in [0, 0.1) is 0 Å². The summed E-state index contributed by atoms with van der Waals surface area (Å²) in [5.41, 5.74) is 7.11. The van der Waals surface area contributed by atoms with Crippen LogP contribution in [0.2, 0.25) is 0 Å². The maximum absolute atomic E-state index is 5.88. The first-order valence-electron chi connectivity index (χ1n) is 4.17. The Morgan fingerprint density at radius 3 is 2.33 bits per heavy atom. The van der Waals surface area contributed by atoms with Gasteiger partial charge in [0.05, 0.1) is 0 Å². The van der Waals surface area contributed by atoms with Crippen molar-refractivity contribution in [1.29, 1.82) is 0 Å². The normalized spacial score (nSPS) is 12.9. The van der Waals surface area contributed by atoms with Gasteiger partial charge in [-0.3, -0.25) is 0 Å². The molecule has 0 spiro atoms. The van der Waals surface area contributed by atoms with E-state index >= 15 is 0 Å². The second kappa shape index (κ2) is 4.53. The van der Waals surface area contributed by atoms with Crippen molar-refractivity contribution in [1.82, 2.24) is 0 Å². The summed E-state index contributed by atoms with van der Waals surface area (Å²) in [4.78, 5) is 1.29. The summed E-state index contributed by atoms with van der Waals surface area (Å²) in [6, 6.07) is 8.66. The number of rotatable bonds is 3. The van der Waals surface area contributed by atoms with Gasteiger partial charge in [0.2, 0.25) is 0 Å². The summed E-state index contributed by atoms with van der Waals surface area (Å²) in [5.74, 6) is 0. The highest BCUT2D eigenvalue weighted by Crippen LogP contribution is 2.19. The minimum absolute atomic E-state index is 0.195. The monoisotopic (exact) mass is 181 g/mol. The Kier molecular flexibility index (Phi) is 3.63. The Morgan fingerprint density at radius 1 is 1.33 bits per heavy atom. The standard InChI is InChI=1S/C10H15NS/c1-3-10(11)8-4-6-9(12-2)7-5-8/h4-7,10H,3,11H2,1-2H3/t10-/m1/s1. The van der Waals surface area contributed by atoms with E-state index in [2.05, 4.69) is 37.4 Å². The van der Waals surface area contributed by atoms with Gasteiger partial charge in [-0.05, 0) is 30.4 Å². The van der Waals surface area contributed by atoms with Crippen molar-refractivity contribution in [3.63, 3.8) is 0 Å². The van der Waals surface area contributed by atoms with E-state index in [0.29, 0.717) is 0 Å². The molecule has 2 heteroatoms. The van der Waals surface area contributed by atoms with Crippen LogP contribution >= 0.6 is 11.8 Å². The number of hydrogen-bond acceptors (Lipinski definition) is 2. The molecule has 0 amide bonds. The molecule has 0 saturated heterocycles. The largest absolute Gasteiger partial charge is 0.324 e. The van der Waals surface area contributed by atoms with Gasteiger partial charge in [-0.2, -0.15) is 0 Å². The van der Waals surface area contributed by atoms with Gasteiger partial charge < -0.3 is 5.73 Å². The average molecular weight is 181 g/mol. The molecule has 0 saturated carbocycles. The van der Waals surface area contributed by atoms with Crippen molar-refractivity contribution in [2.45, 2.75) is 24.3 Å². The quantitative estimate of drug-likeness (QED) is 0.726. The van der Waals surface area contributed by atoms with Crippen LogP contribution in [0.15, 0.2) is 29.2 Å². The second-order valence-corrected chi connectivity index (χ2v) is 3.67. The van der Waals surface area contributed by atoms with Crippen LogP contribution < -0.4 is 5.73 Å². The van der Waals surface area contributed by atoms with Crippen molar-refractivity contribution in [2.24, 2.45) is 5.73 Å².